The molecule has 1 fully saturated rings. The minimum absolute atomic E-state index is 0.0536. The molecule has 2 atom stereocenters. The topological polar surface area (TPSA) is 20.2 Å². The van der Waals surface area contributed by atoms with Crippen LogP contribution in [-0.2, 0) is 5.41 Å². The van der Waals surface area contributed by atoms with Crippen LogP contribution in [-0.4, -0.2) is 5.11 Å². The van der Waals surface area contributed by atoms with Crippen LogP contribution >= 0.6 is 0 Å². The van der Waals surface area contributed by atoms with Crippen molar-refractivity contribution in [2.75, 3.05) is 0 Å². The molecule has 0 aliphatic heterocycles. The van der Waals surface area contributed by atoms with Gasteiger partial charge in [-0.25, -0.2) is 0 Å². The second-order valence-electron chi connectivity index (χ2n) is 8.67. The molecule has 1 nitrogen and oxygen atoms in total. The van der Waals surface area contributed by atoms with E-state index in [0.717, 1.165) is 0 Å². The van der Waals surface area contributed by atoms with E-state index >= 15 is 0 Å². The standard InChI is InChI=1S/C23H30O/c1-16-21(3,4)22(5,6)17(2)23(16,18-10-8-7-9-11-18)19-12-14-20(24)15-13-19/h7-17,24H,1-6H3. The van der Waals surface area contributed by atoms with Crippen molar-refractivity contribution in [2.45, 2.75) is 47.0 Å². The van der Waals surface area contributed by atoms with Gasteiger partial charge >= 0.3 is 0 Å². The van der Waals surface area contributed by atoms with Crippen LogP contribution in [0.5, 0.6) is 5.75 Å². The highest BCUT2D eigenvalue weighted by Crippen LogP contribution is 2.69. The van der Waals surface area contributed by atoms with E-state index in [1.54, 1.807) is 0 Å². The normalized spacial score (nSPS) is 31.1. The van der Waals surface area contributed by atoms with Crippen molar-refractivity contribution in [3.8, 4) is 5.75 Å². The Balaban J connectivity index is 2.34. The van der Waals surface area contributed by atoms with E-state index in [2.05, 4.69) is 84.0 Å². The third kappa shape index (κ3) is 2.00. The van der Waals surface area contributed by atoms with Crippen LogP contribution in [0.15, 0.2) is 54.6 Å². The zero-order chi connectivity index (χ0) is 17.8. The lowest BCUT2D eigenvalue weighted by Gasteiger charge is -2.41. The molecule has 1 heteroatoms. The molecule has 1 aliphatic rings. The molecule has 0 amide bonds. The van der Waals surface area contributed by atoms with E-state index in [-0.39, 0.29) is 16.2 Å². The molecule has 0 spiro atoms. The van der Waals surface area contributed by atoms with Crippen molar-refractivity contribution in [3.05, 3.63) is 65.7 Å². The molecule has 1 aliphatic carbocycles. The molecular formula is C23H30O. The number of hydrogen-bond acceptors (Lipinski definition) is 1. The molecule has 1 saturated carbocycles. The fourth-order valence-electron chi connectivity index (χ4n) is 5.25. The number of phenols is 1. The maximum atomic E-state index is 9.79. The Morgan fingerprint density at radius 3 is 1.54 bits per heavy atom. The number of hydrogen-bond donors (Lipinski definition) is 1. The third-order valence-corrected chi connectivity index (χ3v) is 7.79. The summed E-state index contributed by atoms with van der Waals surface area (Å²) >= 11 is 0. The second-order valence-corrected chi connectivity index (χ2v) is 8.67. The molecule has 1 N–H and O–H groups in total. The fraction of sp³-hybridized carbons (Fsp3) is 0.478. The molecule has 0 heterocycles. The van der Waals surface area contributed by atoms with Crippen LogP contribution in [0.25, 0.3) is 0 Å². The van der Waals surface area contributed by atoms with Crippen LogP contribution in [0.1, 0.15) is 52.7 Å². The summed E-state index contributed by atoms with van der Waals surface area (Å²) in [5.41, 5.74) is 3.03. The Kier molecular flexibility index (Phi) is 3.82. The van der Waals surface area contributed by atoms with Gasteiger partial charge in [-0.15, -0.1) is 0 Å². The SMILES string of the molecule is CC1C(c2ccccc2)(c2ccc(O)cc2)C(C)C(C)(C)C1(C)C. The highest BCUT2D eigenvalue weighted by molar-refractivity contribution is 5.46. The molecule has 0 bridgehead atoms. The molecule has 2 aromatic carbocycles. The van der Waals surface area contributed by atoms with Crippen molar-refractivity contribution >= 4 is 0 Å². The molecule has 0 radical (unpaired) electrons. The van der Waals surface area contributed by atoms with Gasteiger partial charge in [-0.2, -0.15) is 0 Å². The maximum absolute atomic E-state index is 9.79. The first-order valence-corrected chi connectivity index (χ1v) is 9.02. The zero-order valence-corrected chi connectivity index (χ0v) is 15.8. The first-order valence-electron chi connectivity index (χ1n) is 9.02. The van der Waals surface area contributed by atoms with Crippen LogP contribution < -0.4 is 0 Å². The predicted octanol–water partition coefficient (Wildman–Crippen LogP) is 6.02. The van der Waals surface area contributed by atoms with Crippen molar-refractivity contribution in [1.82, 2.24) is 0 Å². The second kappa shape index (κ2) is 5.37. The van der Waals surface area contributed by atoms with Crippen molar-refractivity contribution in [1.29, 1.82) is 0 Å². The highest BCUT2D eigenvalue weighted by Gasteiger charge is 2.65. The summed E-state index contributed by atoms with van der Waals surface area (Å²) in [6, 6.07) is 18.8. The van der Waals surface area contributed by atoms with Gasteiger partial charge in [0.15, 0.2) is 0 Å². The first-order chi connectivity index (χ1) is 11.2. The van der Waals surface area contributed by atoms with Gasteiger partial charge in [0.25, 0.3) is 0 Å². The third-order valence-electron chi connectivity index (χ3n) is 7.79. The lowest BCUT2D eigenvalue weighted by molar-refractivity contribution is 0.0887. The van der Waals surface area contributed by atoms with Gasteiger partial charge in [-0.1, -0.05) is 84.0 Å². The van der Waals surface area contributed by atoms with Crippen LogP contribution in [0, 0.1) is 22.7 Å². The summed E-state index contributed by atoms with van der Waals surface area (Å²) in [7, 11) is 0. The number of rotatable bonds is 2. The Morgan fingerprint density at radius 1 is 0.667 bits per heavy atom. The van der Waals surface area contributed by atoms with E-state index in [1.807, 2.05) is 12.1 Å². The van der Waals surface area contributed by atoms with E-state index in [9.17, 15) is 5.11 Å². The first kappa shape index (κ1) is 17.1. The molecular weight excluding hydrogens is 292 g/mol. The quantitative estimate of drug-likeness (QED) is 0.717. The molecule has 24 heavy (non-hydrogen) atoms. The van der Waals surface area contributed by atoms with Gasteiger partial charge in [0.1, 0.15) is 5.75 Å². The monoisotopic (exact) mass is 322 g/mol. The summed E-state index contributed by atoms with van der Waals surface area (Å²) in [5, 5.41) is 9.79. The molecule has 3 rings (SSSR count). The van der Waals surface area contributed by atoms with Crippen LogP contribution in [0.2, 0.25) is 0 Å². The number of aromatic hydroxyl groups is 1. The zero-order valence-electron chi connectivity index (χ0n) is 15.8. The maximum Gasteiger partial charge on any atom is 0.115 e. The van der Waals surface area contributed by atoms with Crippen LogP contribution in [0.3, 0.4) is 0 Å². The lowest BCUT2D eigenvalue weighted by atomic mass is 9.61. The van der Waals surface area contributed by atoms with E-state index in [0.29, 0.717) is 17.6 Å². The van der Waals surface area contributed by atoms with E-state index in [4.69, 9.17) is 0 Å². The largest absolute Gasteiger partial charge is 0.508 e. The summed E-state index contributed by atoms with van der Waals surface area (Å²) in [6.07, 6.45) is 0. The highest BCUT2D eigenvalue weighted by atomic mass is 16.3. The van der Waals surface area contributed by atoms with Gasteiger partial charge < -0.3 is 5.11 Å². The smallest absolute Gasteiger partial charge is 0.115 e. The van der Waals surface area contributed by atoms with Crippen molar-refractivity contribution in [3.63, 3.8) is 0 Å². The Hall–Kier alpha value is -1.76. The average Bonchev–Trinajstić information content (AvgIpc) is 2.66. The average molecular weight is 322 g/mol. The molecule has 2 aromatic rings. The van der Waals surface area contributed by atoms with Crippen molar-refractivity contribution in [2.24, 2.45) is 22.7 Å². The summed E-state index contributed by atoms with van der Waals surface area (Å²) in [4.78, 5) is 0. The summed E-state index contributed by atoms with van der Waals surface area (Å²) < 4.78 is 0. The van der Waals surface area contributed by atoms with Gasteiger partial charge in [0, 0.05) is 5.41 Å². The summed E-state index contributed by atoms with van der Waals surface area (Å²) in [6.45, 7) is 14.5. The van der Waals surface area contributed by atoms with Gasteiger partial charge in [0.2, 0.25) is 0 Å². The molecule has 0 saturated heterocycles. The van der Waals surface area contributed by atoms with E-state index in [1.165, 1.54) is 11.1 Å². The molecule has 2 unspecified atom stereocenters. The predicted molar refractivity (Wildman–Crippen MR) is 101 cm³/mol. The van der Waals surface area contributed by atoms with Crippen molar-refractivity contribution < 1.29 is 5.11 Å². The van der Waals surface area contributed by atoms with E-state index < -0.39 is 0 Å². The molecule has 0 aromatic heterocycles. The van der Waals surface area contributed by atoms with Gasteiger partial charge in [0.05, 0.1) is 0 Å². The lowest BCUT2D eigenvalue weighted by Crippen LogP contribution is -2.38. The minimum atomic E-state index is -0.0536. The number of phenolic OH excluding ortho intramolecular Hbond substituents is 1. The number of benzene rings is 2. The Morgan fingerprint density at radius 2 is 1.08 bits per heavy atom. The fourth-order valence-corrected chi connectivity index (χ4v) is 5.25. The Labute approximate surface area is 146 Å². The molecule has 128 valence electrons. The Bertz CT molecular complexity index is 689. The minimum Gasteiger partial charge on any atom is -0.508 e. The van der Waals surface area contributed by atoms with Crippen LogP contribution in [0.4, 0.5) is 0 Å². The summed E-state index contributed by atoms with van der Waals surface area (Å²) in [5.74, 6) is 1.28. The van der Waals surface area contributed by atoms with Gasteiger partial charge in [-0.3, -0.25) is 0 Å². The van der Waals surface area contributed by atoms with Gasteiger partial charge in [-0.05, 0) is 45.9 Å².